The fourth-order valence-corrected chi connectivity index (χ4v) is 2.54. The van der Waals surface area contributed by atoms with Crippen LogP contribution >= 0.6 is 0 Å². The fourth-order valence-electron chi connectivity index (χ4n) is 2.54. The molecule has 1 aliphatic heterocycles. The van der Waals surface area contributed by atoms with Gasteiger partial charge in [-0.15, -0.1) is 0 Å². The zero-order valence-corrected chi connectivity index (χ0v) is 11.1. The second-order valence-electron chi connectivity index (χ2n) is 6.56. The van der Waals surface area contributed by atoms with Gasteiger partial charge in [0, 0.05) is 25.7 Å². The molecule has 3 atom stereocenters. The monoisotopic (exact) mass is 212 g/mol. The summed E-state index contributed by atoms with van der Waals surface area (Å²) in [6.45, 7) is 14.9. The second-order valence-corrected chi connectivity index (χ2v) is 6.56. The molecular formula is C13H28N2. The van der Waals surface area contributed by atoms with Crippen LogP contribution in [0.25, 0.3) is 0 Å². The Labute approximate surface area is 95.2 Å². The Morgan fingerprint density at radius 3 is 2.00 bits per heavy atom. The van der Waals surface area contributed by atoms with Crippen molar-refractivity contribution in [1.82, 2.24) is 4.90 Å². The summed E-state index contributed by atoms with van der Waals surface area (Å²) < 4.78 is 0. The first kappa shape index (κ1) is 13.0. The standard InChI is InChI=1S/C13H28N2/c1-10-8-15(9-11(10)2)12(7-14)6-13(3,4)5/h10-12H,6-9,14H2,1-5H3. The molecule has 2 nitrogen and oxygen atoms in total. The van der Waals surface area contributed by atoms with Crippen LogP contribution in [-0.2, 0) is 0 Å². The van der Waals surface area contributed by atoms with Crippen molar-refractivity contribution >= 4 is 0 Å². The Morgan fingerprint density at radius 1 is 1.20 bits per heavy atom. The molecule has 0 saturated carbocycles. The molecule has 1 heterocycles. The molecule has 0 spiro atoms. The van der Waals surface area contributed by atoms with Gasteiger partial charge in [-0.25, -0.2) is 0 Å². The lowest BCUT2D eigenvalue weighted by Gasteiger charge is -2.32. The smallest absolute Gasteiger partial charge is 0.0223 e. The van der Waals surface area contributed by atoms with Crippen LogP contribution < -0.4 is 5.73 Å². The van der Waals surface area contributed by atoms with E-state index in [1.165, 1.54) is 19.5 Å². The zero-order chi connectivity index (χ0) is 11.6. The van der Waals surface area contributed by atoms with Gasteiger partial charge in [0.05, 0.1) is 0 Å². The zero-order valence-electron chi connectivity index (χ0n) is 11.1. The van der Waals surface area contributed by atoms with Crippen LogP contribution in [0.2, 0.25) is 0 Å². The van der Waals surface area contributed by atoms with Crippen LogP contribution in [0.3, 0.4) is 0 Å². The minimum Gasteiger partial charge on any atom is -0.329 e. The Kier molecular flexibility index (Phi) is 4.19. The van der Waals surface area contributed by atoms with Crippen molar-refractivity contribution < 1.29 is 0 Å². The first-order chi connectivity index (χ1) is 6.83. The van der Waals surface area contributed by atoms with Gasteiger partial charge in [-0.05, 0) is 23.7 Å². The van der Waals surface area contributed by atoms with Gasteiger partial charge >= 0.3 is 0 Å². The fraction of sp³-hybridized carbons (Fsp3) is 1.00. The van der Waals surface area contributed by atoms with E-state index in [-0.39, 0.29) is 0 Å². The van der Waals surface area contributed by atoms with Gasteiger partial charge in [-0.2, -0.15) is 0 Å². The number of rotatable bonds is 3. The molecule has 90 valence electrons. The minimum atomic E-state index is 0.388. The van der Waals surface area contributed by atoms with Crippen molar-refractivity contribution in [2.45, 2.75) is 47.1 Å². The molecule has 1 saturated heterocycles. The summed E-state index contributed by atoms with van der Waals surface area (Å²) in [5.74, 6) is 1.66. The molecule has 0 amide bonds. The topological polar surface area (TPSA) is 29.3 Å². The third-order valence-corrected chi connectivity index (χ3v) is 3.65. The van der Waals surface area contributed by atoms with E-state index >= 15 is 0 Å². The Hall–Kier alpha value is -0.0800. The molecule has 0 aromatic rings. The van der Waals surface area contributed by atoms with E-state index in [1.54, 1.807) is 0 Å². The number of likely N-dealkylation sites (tertiary alicyclic amines) is 1. The van der Waals surface area contributed by atoms with E-state index in [0.717, 1.165) is 18.4 Å². The first-order valence-electron chi connectivity index (χ1n) is 6.27. The number of nitrogens with zero attached hydrogens (tertiary/aromatic N) is 1. The molecule has 3 unspecified atom stereocenters. The van der Waals surface area contributed by atoms with E-state index in [9.17, 15) is 0 Å². The predicted octanol–water partition coefficient (Wildman–Crippen LogP) is 2.34. The predicted molar refractivity (Wildman–Crippen MR) is 66.8 cm³/mol. The molecule has 15 heavy (non-hydrogen) atoms. The highest BCUT2D eigenvalue weighted by Gasteiger charge is 2.32. The molecule has 2 heteroatoms. The normalized spacial score (nSPS) is 30.8. The minimum absolute atomic E-state index is 0.388. The Balaban J connectivity index is 2.53. The molecule has 1 rings (SSSR count). The highest BCUT2D eigenvalue weighted by Crippen LogP contribution is 2.29. The lowest BCUT2D eigenvalue weighted by Crippen LogP contribution is -2.41. The van der Waals surface area contributed by atoms with E-state index in [0.29, 0.717) is 11.5 Å². The molecule has 2 N–H and O–H groups in total. The van der Waals surface area contributed by atoms with Crippen molar-refractivity contribution in [3.05, 3.63) is 0 Å². The highest BCUT2D eigenvalue weighted by molar-refractivity contribution is 4.86. The summed E-state index contributed by atoms with van der Waals surface area (Å²) in [5.41, 5.74) is 6.30. The summed E-state index contributed by atoms with van der Waals surface area (Å²) >= 11 is 0. The van der Waals surface area contributed by atoms with Crippen LogP contribution in [0.5, 0.6) is 0 Å². The maximum Gasteiger partial charge on any atom is 0.0223 e. The van der Waals surface area contributed by atoms with E-state index < -0.39 is 0 Å². The van der Waals surface area contributed by atoms with Crippen molar-refractivity contribution in [1.29, 1.82) is 0 Å². The third-order valence-electron chi connectivity index (χ3n) is 3.65. The number of hydrogen-bond donors (Lipinski definition) is 1. The van der Waals surface area contributed by atoms with Crippen LogP contribution in [0.1, 0.15) is 41.0 Å². The van der Waals surface area contributed by atoms with Crippen LogP contribution in [0.4, 0.5) is 0 Å². The van der Waals surface area contributed by atoms with Gasteiger partial charge < -0.3 is 5.73 Å². The maximum absolute atomic E-state index is 5.91. The lowest BCUT2D eigenvalue weighted by atomic mass is 9.87. The van der Waals surface area contributed by atoms with Gasteiger partial charge in [-0.1, -0.05) is 34.6 Å². The summed E-state index contributed by atoms with van der Waals surface area (Å²) in [6.07, 6.45) is 1.21. The molecule has 0 radical (unpaired) electrons. The summed E-state index contributed by atoms with van der Waals surface area (Å²) in [4.78, 5) is 2.60. The summed E-state index contributed by atoms with van der Waals surface area (Å²) in [7, 11) is 0. The molecule has 1 fully saturated rings. The van der Waals surface area contributed by atoms with Crippen molar-refractivity contribution in [2.75, 3.05) is 19.6 Å². The van der Waals surface area contributed by atoms with Crippen molar-refractivity contribution in [2.24, 2.45) is 23.0 Å². The lowest BCUT2D eigenvalue weighted by molar-refractivity contribution is 0.176. The Morgan fingerprint density at radius 2 is 1.67 bits per heavy atom. The second kappa shape index (κ2) is 4.84. The van der Waals surface area contributed by atoms with E-state index in [2.05, 4.69) is 39.5 Å². The molecule has 0 bridgehead atoms. The average molecular weight is 212 g/mol. The van der Waals surface area contributed by atoms with Gasteiger partial charge in [0.25, 0.3) is 0 Å². The quantitative estimate of drug-likeness (QED) is 0.778. The number of hydrogen-bond acceptors (Lipinski definition) is 2. The number of nitrogens with two attached hydrogens (primary N) is 1. The largest absolute Gasteiger partial charge is 0.329 e. The van der Waals surface area contributed by atoms with Gasteiger partial charge in [0.1, 0.15) is 0 Å². The van der Waals surface area contributed by atoms with Crippen LogP contribution in [0, 0.1) is 17.3 Å². The summed E-state index contributed by atoms with van der Waals surface area (Å²) in [5, 5.41) is 0. The third kappa shape index (κ3) is 3.76. The van der Waals surface area contributed by atoms with E-state index in [1.807, 2.05) is 0 Å². The van der Waals surface area contributed by atoms with Gasteiger partial charge in [0.15, 0.2) is 0 Å². The molecule has 0 aromatic carbocycles. The van der Waals surface area contributed by atoms with Crippen molar-refractivity contribution in [3.63, 3.8) is 0 Å². The Bertz CT molecular complexity index is 185. The maximum atomic E-state index is 5.91. The van der Waals surface area contributed by atoms with Crippen LogP contribution in [-0.4, -0.2) is 30.6 Å². The molecule has 0 aromatic heterocycles. The van der Waals surface area contributed by atoms with Crippen molar-refractivity contribution in [3.8, 4) is 0 Å². The summed E-state index contributed by atoms with van der Waals surface area (Å²) in [6, 6.07) is 0.581. The molecular weight excluding hydrogens is 184 g/mol. The highest BCUT2D eigenvalue weighted by atomic mass is 15.2. The van der Waals surface area contributed by atoms with E-state index in [4.69, 9.17) is 5.73 Å². The molecule has 1 aliphatic rings. The molecule has 0 aliphatic carbocycles. The SMILES string of the molecule is CC1CN(C(CN)CC(C)(C)C)CC1C. The van der Waals surface area contributed by atoms with Gasteiger partial charge in [-0.3, -0.25) is 4.90 Å². The van der Waals surface area contributed by atoms with Gasteiger partial charge in [0.2, 0.25) is 0 Å². The average Bonchev–Trinajstić information content (AvgIpc) is 2.41. The van der Waals surface area contributed by atoms with Crippen LogP contribution in [0.15, 0.2) is 0 Å². The first-order valence-corrected chi connectivity index (χ1v) is 6.27.